The van der Waals surface area contributed by atoms with Gasteiger partial charge in [-0.25, -0.2) is 9.59 Å². The number of carboxylic acids is 1. The molecule has 3 atom stereocenters. The first-order chi connectivity index (χ1) is 16.8. The van der Waals surface area contributed by atoms with Gasteiger partial charge in [-0.2, -0.15) is 0 Å². The molecule has 0 spiro atoms. The largest absolute Gasteiger partial charge is 0.480 e. The first-order valence-electron chi connectivity index (χ1n) is 12.1. The van der Waals surface area contributed by atoms with Crippen molar-refractivity contribution in [1.82, 2.24) is 10.2 Å². The van der Waals surface area contributed by atoms with Crippen molar-refractivity contribution in [3.63, 3.8) is 0 Å². The maximum absolute atomic E-state index is 13.6. The monoisotopic (exact) mass is 496 g/mol. The lowest BCUT2D eigenvalue weighted by molar-refractivity contribution is -0.152. The Hall–Kier alpha value is -3.00. The summed E-state index contributed by atoms with van der Waals surface area (Å²) in [4.78, 5) is 39.9. The van der Waals surface area contributed by atoms with Crippen LogP contribution in [0.4, 0.5) is 4.79 Å². The number of carbonyl (C=O) groups is 3. The summed E-state index contributed by atoms with van der Waals surface area (Å²) in [5.74, 6) is -1.15. The molecular weight excluding hydrogens is 464 g/mol. The molecule has 2 N–H and O–H groups in total. The molecule has 4 rings (SSSR count). The van der Waals surface area contributed by atoms with E-state index in [2.05, 4.69) is 17.4 Å². The smallest absolute Gasteiger partial charge is 0.408 e. The molecule has 0 bridgehead atoms. The van der Waals surface area contributed by atoms with Crippen LogP contribution in [0.5, 0.6) is 0 Å². The minimum atomic E-state index is -1.26. The number of rotatable bonds is 8. The number of aliphatic carboxylic acids is 1. The standard InChI is InChI=1S/C27H32N2O5S/c1-4-14-27(3,25(32)29-22(24(30)31)16-35-23(29)5-2)28-26(33)34-15-21-19-12-8-6-10-17(19)18-11-7-9-13-20(18)21/h6-13,21-23H,4-5,14-16H2,1-3H3,(H,28,33)(H,30,31). The quantitative estimate of drug-likeness (QED) is 0.543. The lowest BCUT2D eigenvalue weighted by atomic mass is 9.93. The fourth-order valence-corrected chi connectivity index (χ4v) is 6.55. The van der Waals surface area contributed by atoms with Gasteiger partial charge in [-0.1, -0.05) is 68.8 Å². The maximum Gasteiger partial charge on any atom is 0.408 e. The summed E-state index contributed by atoms with van der Waals surface area (Å²) in [6, 6.07) is 15.3. The number of benzene rings is 2. The number of carbonyl (C=O) groups excluding carboxylic acids is 2. The second kappa shape index (κ2) is 10.3. The van der Waals surface area contributed by atoms with Gasteiger partial charge in [0.25, 0.3) is 0 Å². The van der Waals surface area contributed by atoms with E-state index in [-0.39, 0.29) is 23.8 Å². The van der Waals surface area contributed by atoms with Gasteiger partial charge in [-0.05, 0) is 42.0 Å². The molecule has 186 valence electrons. The summed E-state index contributed by atoms with van der Waals surface area (Å²) in [6.07, 6.45) is 0.970. The Morgan fingerprint density at radius 2 is 1.69 bits per heavy atom. The van der Waals surface area contributed by atoms with Crippen molar-refractivity contribution < 1.29 is 24.2 Å². The average Bonchev–Trinajstić information content (AvgIpc) is 3.42. The Morgan fingerprint density at radius 1 is 1.09 bits per heavy atom. The highest BCUT2D eigenvalue weighted by atomic mass is 32.2. The fourth-order valence-electron chi connectivity index (χ4n) is 5.21. The molecule has 1 fully saturated rings. The zero-order valence-corrected chi connectivity index (χ0v) is 21.1. The minimum absolute atomic E-state index is 0.0860. The van der Waals surface area contributed by atoms with Gasteiger partial charge in [-0.15, -0.1) is 11.8 Å². The van der Waals surface area contributed by atoms with Gasteiger partial charge < -0.3 is 20.1 Å². The van der Waals surface area contributed by atoms with Crippen molar-refractivity contribution in [2.24, 2.45) is 0 Å². The van der Waals surface area contributed by atoms with Gasteiger partial charge in [-0.3, -0.25) is 4.79 Å². The van der Waals surface area contributed by atoms with Crippen LogP contribution in [0.1, 0.15) is 57.1 Å². The van der Waals surface area contributed by atoms with Crippen LogP contribution in [0.2, 0.25) is 0 Å². The van der Waals surface area contributed by atoms with Gasteiger partial charge in [0.15, 0.2) is 0 Å². The summed E-state index contributed by atoms with van der Waals surface area (Å²) in [5.41, 5.74) is 3.24. The Morgan fingerprint density at radius 3 is 2.23 bits per heavy atom. The van der Waals surface area contributed by atoms with Crippen molar-refractivity contribution in [3.05, 3.63) is 59.7 Å². The van der Waals surface area contributed by atoms with E-state index in [0.29, 0.717) is 25.0 Å². The van der Waals surface area contributed by atoms with E-state index in [0.717, 1.165) is 22.3 Å². The van der Waals surface area contributed by atoms with E-state index in [1.807, 2.05) is 50.2 Å². The molecular formula is C27H32N2O5S. The van der Waals surface area contributed by atoms with E-state index in [4.69, 9.17) is 4.74 Å². The molecule has 2 aliphatic rings. The van der Waals surface area contributed by atoms with Gasteiger partial charge in [0, 0.05) is 11.7 Å². The van der Waals surface area contributed by atoms with Crippen LogP contribution in [0.15, 0.2) is 48.5 Å². The maximum atomic E-state index is 13.6. The molecule has 1 aliphatic heterocycles. The van der Waals surface area contributed by atoms with Crippen molar-refractivity contribution in [3.8, 4) is 11.1 Å². The number of alkyl carbamates (subject to hydrolysis) is 1. The van der Waals surface area contributed by atoms with Crippen LogP contribution >= 0.6 is 11.8 Å². The number of nitrogens with one attached hydrogen (secondary N) is 1. The minimum Gasteiger partial charge on any atom is -0.480 e. The molecule has 3 unspecified atom stereocenters. The SMILES string of the molecule is CCCC(C)(NC(=O)OCC1c2ccccc2-c2ccccc21)C(=O)N1C(CC)SCC1C(=O)O. The van der Waals surface area contributed by atoms with Crippen LogP contribution in [0.3, 0.4) is 0 Å². The molecule has 0 radical (unpaired) electrons. The lowest BCUT2D eigenvalue weighted by Crippen LogP contribution is -2.61. The second-order valence-electron chi connectivity index (χ2n) is 9.30. The van der Waals surface area contributed by atoms with Gasteiger partial charge in [0.1, 0.15) is 18.2 Å². The van der Waals surface area contributed by atoms with E-state index in [1.165, 1.54) is 16.7 Å². The predicted molar refractivity (Wildman–Crippen MR) is 136 cm³/mol. The zero-order chi connectivity index (χ0) is 25.2. The first-order valence-corrected chi connectivity index (χ1v) is 13.2. The van der Waals surface area contributed by atoms with Crippen molar-refractivity contribution in [1.29, 1.82) is 0 Å². The summed E-state index contributed by atoms with van der Waals surface area (Å²) >= 11 is 1.46. The van der Waals surface area contributed by atoms with Crippen molar-refractivity contribution in [2.45, 2.75) is 62.9 Å². The molecule has 1 heterocycles. The Labute approximate surface area is 210 Å². The second-order valence-corrected chi connectivity index (χ2v) is 10.5. The molecule has 2 aromatic carbocycles. The van der Waals surface area contributed by atoms with Gasteiger partial charge in [0.05, 0.1) is 5.37 Å². The zero-order valence-electron chi connectivity index (χ0n) is 20.3. The number of hydrogen-bond acceptors (Lipinski definition) is 5. The number of thioether (sulfide) groups is 1. The van der Waals surface area contributed by atoms with Gasteiger partial charge in [0.2, 0.25) is 5.91 Å². The highest BCUT2D eigenvalue weighted by Crippen LogP contribution is 2.44. The van der Waals surface area contributed by atoms with Crippen LogP contribution in [0, 0.1) is 0 Å². The summed E-state index contributed by atoms with van der Waals surface area (Å²) in [6.45, 7) is 5.66. The van der Waals surface area contributed by atoms with Gasteiger partial charge >= 0.3 is 12.1 Å². The van der Waals surface area contributed by atoms with Crippen LogP contribution in [-0.2, 0) is 14.3 Å². The average molecular weight is 497 g/mol. The molecule has 8 heteroatoms. The molecule has 7 nitrogen and oxygen atoms in total. The molecule has 2 aromatic rings. The van der Waals surface area contributed by atoms with E-state index in [9.17, 15) is 19.5 Å². The summed E-state index contributed by atoms with van der Waals surface area (Å²) in [5, 5.41) is 12.2. The van der Waals surface area contributed by atoms with Crippen LogP contribution in [-0.4, -0.2) is 57.3 Å². The van der Waals surface area contributed by atoms with E-state index < -0.39 is 23.6 Å². The third kappa shape index (κ3) is 4.76. The van der Waals surface area contributed by atoms with Crippen molar-refractivity contribution in [2.75, 3.05) is 12.4 Å². The van der Waals surface area contributed by atoms with Crippen molar-refractivity contribution >= 4 is 29.7 Å². The summed E-state index contributed by atoms with van der Waals surface area (Å²) in [7, 11) is 0. The summed E-state index contributed by atoms with van der Waals surface area (Å²) < 4.78 is 5.68. The Balaban J connectivity index is 1.50. The molecule has 0 aromatic heterocycles. The number of amides is 2. The highest BCUT2D eigenvalue weighted by Gasteiger charge is 2.48. The van der Waals surface area contributed by atoms with Crippen LogP contribution in [0.25, 0.3) is 11.1 Å². The molecule has 0 saturated carbocycles. The third-order valence-electron chi connectivity index (χ3n) is 6.90. The fraction of sp³-hybridized carbons (Fsp3) is 0.444. The number of ether oxygens (including phenoxy) is 1. The highest BCUT2D eigenvalue weighted by molar-refractivity contribution is 8.00. The molecule has 35 heavy (non-hydrogen) atoms. The number of hydrogen-bond donors (Lipinski definition) is 2. The Kier molecular flexibility index (Phi) is 7.40. The molecule has 2 amide bonds. The predicted octanol–water partition coefficient (Wildman–Crippen LogP) is 4.85. The molecule has 1 aliphatic carbocycles. The van der Waals surface area contributed by atoms with E-state index >= 15 is 0 Å². The Bertz CT molecular complexity index is 1080. The number of fused-ring (bicyclic) bond motifs is 3. The third-order valence-corrected chi connectivity index (χ3v) is 8.36. The van der Waals surface area contributed by atoms with E-state index in [1.54, 1.807) is 6.92 Å². The molecule has 1 saturated heterocycles. The van der Waals surface area contributed by atoms with Crippen LogP contribution < -0.4 is 5.32 Å². The number of nitrogens with zero attached hydrogens (tertiary/aromatic N) is 1. The first kappa shape index (κ1) is 25.1. The topological polar surface area (TPSA) is 95.9 Å². The lowest BCUT2D eigenvalue weighted by Gasteiger charge is -2.37. The normalized spacial score (nSPS) is 20.6. The number of carboxylic acid groups (broad SMARTS) is 1.